The van der Waals surface area contributed by atoms with Gasteiger partial charge in [-0.05, 0) is 50.5 Å². The summed E-state index contributed by atoms with van der Waals surface area (Å²) >= 11 is 0. The fourth-order valence-electron chi connectivity index (χ4n) is 3.73. The van der Waals surface area contributed by atoms with Crippen LogP contribution in [0.2, 0.25) is 0 Å². The first kappa shape index (κ1) is 29.2. The number of hydrogen-bond donors (Lipinski definition) is 1. The Bertz CT molecular complexity index is 1120. The third-order valence-corrected chi connectivity index (χ3v) is 6.81. The Kier molecular flexibility index (Phi) is 10.3. The minimum atomic E-state index is -4.62. The summed E-state index contributed by atoms with van der Waals surface area (Å²) in [6.07, 6.45) is -3.21. The second-order valence-electron chi connectivity index (χ2n) is 8.38. The lowest BCUT2D eigenvalue weighted by molar-refractivity contribution is -0.139. The second-order valence-corrected chi connectivity index (χ2v) is 10.3. The molecule has 0 saturated carbocycles. The molecule has 1 N–H and O–H groups in total. The first-order valence-electron chi connectivity index (χ1n) is 11.6. The van der Waals surface area contributed by atoms with Gasteiger partial charge in [-0.15, -0.1) is 0 Å². The minimum absolute atomic E-state index is 0.0616. The van der Waals surface area contributed by atoms with Gasteiger partial charge >= 0.3 is 6.18 Å². The number of carbonyl (C=O) groups excluding carboxylic acids is 2. The Morgan fingerprint density at radius 2 is 1.69 bits per heavy atom. The summed E-state index contributed by atoms with van der Waals surface area (Å²) in [5.41, 5.74) is -0.102. The zero-order chi connectivity index (χ0) is 26.9. The number of rotatable bonds is 12. The number of likely N-dealkylation sites (N-methyl/N-ethyl adjacent to an activating group) is 1. The van der Waals surface area contributed by atoms with Crippen LogP contribution in [-0.2, 0) is 32.2 Å². The third kappa shape index (κ3) is 8.54. The van der Waals surface area contributed by atoms with Crippen LogP contribution in [0.5, 0.6) is 0 Å². The first-order chi connectivity index (χ1) is 16.8. The van der Waals surface area contributed by atoms with Crippen molar-refractivity contribution in [3.05, 3.63) is 65.7 Å². The average molecular weight is 528 g/mol. The van der Waals surface area contributed by atoms with Crippen molar-refractivity contribution in [2.75, 3.05) is 30.2 Å². The maximum atomic E-state index is 13.1. The lowest BCUT2D eigenvalue weighted by Gasteiger charge is -2.29. The highest BCUT2D eigenvalue weighted by molar-refractivity contribution is 7.92. The molecule has 1 unspecified atom stereocenters. The van der Waals surface area contributed by atoms with Gasteiger partial charge in [-0.3, -0.25) is 13.9 Å². The Hall–Kier alpha value is -3.08. The van der Waals surface area contributed by atoms with Gasteiger partial charge in [-0.25, -0.2) is 8.42 Å². The van der Waals surface area contributed by atoms with Crippen molar-refractivity contribution >= 4 is 27.5 Å². The van der Waals surface area contributed by atoms with E-state index < -0.39 is 27.8 Å². The highest BCUT2D eigenvalue weighted by Crippen LogP contribution is 2.32. The SMILES string of the molecule is CCNC(=O)C(C)N(CCc1ccccc1)C(=O)CCCN(c1cccc(C(F)(F)F)c1)S(C)(=O)=O. The Balaban J connectivity index is 2.14. The Morgan fingerprint density at radius 1 is 1.03 bits per heavy atom. The summed E-state index contributed by atoms with van der Waals surface area (Å²) in [6.45, 7) is 3.90. The van der Waals surface area contributed by atoms with Gasteiger partial charge in [0.1, 0.15) is 6.04 Å². The number of hydrogen-bond acceptors (Lipinski definition) is 4. The molecule has 0 aliphatic carbocycles. The van der Waals surface area contributed by atoms with Crippen LogP contribution >= 0.6 is 0 Å². The molecule has 36 heavy (non-hydrogen) atoms. The predicted molar refractivity (Wildman–Crippen MR) is 133 cm³/mol. The van der Waals surface area contributed by atoms with Crippen LogP contribution in [-0.4, -0.2) is 57.1 Å². The van der Waals surface area contributed by atoms with Crippen LogP contribution in [0.1, 0.15) is 37.8 Å². The summed E-state index contributed by atoms with van der Waals surface area (Å²) in [4.78, 5) is 27.0. The quantitative estimate of drug-likeness (QED) is 0.454. The fourth-order valence-corrected chi connectivity index (χ4v) is 4.69. The molecule has 0 radical (unpaired) electrons. The van der Waals surface area contributed by atoms with Crippen molar-refractivity contribution in [1.29, 1.82) is 0 Å². The molecule has 2 rings (SSSR count). The highest BCUT2D eigenvalue weighted by atomic mass is 32.2. The van der Waals surface area contributed by atoms with Crippen LogP contribution in [0, 0.1) is 0 Å². The molecule has 0 fully saturated rings. The Labute approximate surface area is 210 Å². The summed E-state index contributed by atoms with van der Waals surface area (Å²) in [5.74, 6) is -0.650. The monoisotopic (exact) mass is 527 g/mol. The number of halogens is 3. The number of nitrogens with one attached hydrogen (secondary N) is 1. The smallest absolute Gasteiger partial charge is 0.355 e. The van der Waals surface area contributed by atoms with Crippen LogP contribution < -0.4 is 9.62 Å². The molecule has 0 saturated heterocycles. The fraction of sp³-hybridized carbons (Fsp3) is 0.440. The van der Waals surface area contributed by atoms with Gasteiger partial charge in [-0.2, -0.15) is 13.2 Å². The summed E-state index contributed by atoms with van der Waals surface area (Å²) in [5, 5.41) is 2.70. The zero-order valence-corrected chi connectivity index (χ0v) is 21.4. The van der Waals surface area contributed by atoms with Crippen LogP contribution in [0.4, 0.5) is 18.9 Å². The highest BCUT2D eigenvalue weighted by Gasteiger charge is 2.32. The van der Waals surface area contributed by atoms with E-state index >= 15 is 0 Å². The molecule has 0 spiro atoms. The topological polar surface area (TPSA) is 86.8 Å². The average Bonchev–Trinajstić information content (AvgIpc) is 2.81. The molecule has 0 aromatic heterocycles. The predicted octanol–water partition coefficient (Wildman–Crippen LogP) is 3.85. The van der Waals surface area contributed by atoms with Gasteiger partial charge in [0.25, 0.3) is 0 Å². The van der Waals surface area contributed by atoms with Crippen molar-refractivity contribution in [3.63, 3.8) is 0 Å². The summed E-state index contributed by atoms with van der Waals surface area (Å²) in [7, 11) is -3.90. The van der Waals surface area contributed by atoms with E-state index in [2.05, 4.69) is 5.32 Å². The molecular formula is C25H32F3N3O4S. The molecule has 1 atom stereocenters. The van der Waals surface area contributed by atoms with E-state index in [9.17, 15) is 31.2 Å². The standard InChI is InChI=1S/C25H32F3N3O4S/c1-4-29-24(33)19(2)30(17-15-20-10-6-5-7-11-20)23(32)14-9-16-31(36(3,34)35)22-13-8-12-21(18-22)25(26,27)28/h5-8,10-13,18-19H,4,9,14-17H2,1-3H3,(H,29,33). The van der Waals surface area contributed by atoms with E-state index in [1.165, 1.54) is 11.0 Å². The zero-order valence-electron chi connectivity index (χ0n) is 20.6. The normalized spacial score (nSPS) is 12.6. The third-order valence-electron chi connectivity index (χ3n) is 5.62. The van der Waals surface area contributed by atoms with E-state index in [4.69, 9.17) is 0 Å². The van der Waals surface area contributed by atoms with Gasteiger partial charge in [0, 0.05) is 26.1 Å². The van der Waals surface area contributed by atoms with Crippen LogP contribution in [0.15, 0.2) is 54.6 Å². The lowest BCUT2D eigenvalue weighted by Crippen LogP contribution is -2.48. The maximum Gasteiger partial charge on any atom is 0.416 e. The van der Waals surface area contributed by atoms with E-state index in [1.807, 2.05) is 30.3 Å². The van der Waals surface area contributed by atoms with E-state index in [0.717, 1.165) is 34.3 Å². The Morgan fingerprint density at radius 3 is 2.28 bits per heavy atom. The van der Waals surface area contributed by atoms with Gasteiger partial charge in [0.2, 0.25) is 21.8 Å². The maximum absolute atomic E-state index is 13.1. The molecule has 0 aliphatic heterocycles. The molecule has 11 heteroatoms. The number of sulfonamides is 1. The number of alkyl halides is 3. The summed E-state index contributed by atoms with van der Waals surface area (Å²) < 4.78 is 64.9. The molecule has 198 valence electrons. The van der Waals surface area contributed by atoms with Gasteiger partial charge in [-0.1, -0.05) is 36.4 Å². The number of nitrogens with zero attached hydrogens (tertiary/aromatic N) is 2. The summed E-state index contributed by atoms with van der Waals surface area (Å²) in [6, 6.07) is 12.8. The minimum Gasteiger partial charge on any atom is -0.355 e. The molecule has 7 nitrogen and oxygen atoms in total. The number of benzene rings is 2. The van der Waals surface area contributed by atoms with Crippen LogP contribution in [0.25, 0.3) is 0 Å². The van der Waals surface area contributed by atoms with Crippen molar-refractivity contribution < 1.29 is 31.2 Å². The van der Waals surface area contributed by atoms with Gasteiger partial charge < -0.3 is 10.2 Å². The second kappa shape index (κ2) is 12.8. The van der Waals surface area contributed by atoms with Crippen molar-refractivity contribution in [2.45, 2.75) is 45.3 Å². The van der Waals surface area contributed by atoms with Gasteiger partial charge in [0.15, 0.2) is 0 Å². The van der Waals surface area contributed by atoms with Crippen LogP contribution in [0.3, 0.4) is 0 Å². The van der Waals surface area contributed by atoms with Gasteiger partial charge in [0.05, 0.1) is 17.5 Å². The molecule has 0 heterocycles. The van der Waals surface area contributed by atoms with E-state index in [1.54, 1.807) is 13.8 Å². The number of anilines is 1. The van der Waals surface area contributed by atoms with Crippen molar-refractivity contribution in [3.8, 4) is 0 Å². The molecule has 2 amide bonds. The van der Waals surface area contributed by atoms with E-state index in [-0.39, 0.29) is 43.4 Å². The molecule has 0 aliphatic rings. The number of carbonyl (C=O) groups is 2. The van der Waals surface area contributed by atoms with Crippen molar-refractivity contribution in [2.24, 2.45) is 0 Å². The first-order valence-corrected chi connectivity index (χ1v) is 13.5. The lowest BCUT2D eigenvalue weighted by atomic mass is 10.1. The van der Waals surface area contributed by atoms with E-state index in [0.29, 0.717) is 13.0 Å². The van der Waals surface area contributed by atoms with Crippen molar-refractivity contribution in [1.82, 2.24) is 10.2 Å². The molecule has 2 aromatic rings. The molecular weight excluding hydrogens is 495 g/mol. The largest absolute Gasteiger partial charge is 0.416 e. The molecule has 2 aromatic carbocycles. The number of amides is 2. The molecule has 0 bridgehead atoms.